The fourth-order valence-corrected chi connectivity index (χ4v) is 3.59. The van der Waals surface area contributed by atoms with Crippen molar-refractivity contribution in [3.05, 3.63) is 76.6 Å². The van der Waals surface area contributed by atoms with Crippen molar-refractivity contribution in [2.45, 2.75) is 53.5 Å². The van der Waals surface area contributed by atoms with Crippen LogP contribution in [-0.2, 0) is 19.0 Å². The molecule has 34 heavy (non-hydrogen) atoms. The number of aliphatic imine (C=N–C) groups is 1. The second kappa shape index (κ2) is 10.5. The van der Waals surface area contributed by atoms with Crippen molar-refractivity contribution in [3.63, 3.8) is 0 Å². The van der Waals surface area contributed by atoms with Crippen molar-refractivity contribution in [1.29, 1.82) is 0 Å². The molecule has 2 N–H and O–H groups in total. The summed E-state index contributed by atoms with van der Waals surface area (Å²) in [5, 5.41) is 10.7. The molecule has 1 aromatic heterocycles. The lowest BCUT2D eigenvalue weighted by Crippen LogP contribution is -2.36. The van der Waals surface area contributed by atoms with Crippen LogP contribution in [0.4, 0.5) is 5.69 Å². The highest BCUT2D eigenvalue weighted by Crippen LogP contribution is 2.24. The van der Waals surface area contributed by atoms with Gasteiger partial charge in [-0.05, 0) is 56.0 Å². The van der Waals surface area contributed by atoms with E-state index in [0.29, 0.717) is 30.4 Å². The van der Waals surface area contributed by atoms with Crippen LogP contribution in [0, 0.1) is 13.8 Å². The van der Waals surface area contributed by atoms with Crippen LogP contribution in [0.3, 0.4) is 0 Å². The number of aryl methyl sites for hydroxylation is 2. The zero-order valence-electron chi connectivity index (χ0n) is 21.2. The second-order valence-corrected chi connectivity index (χ2v) is 9.27. The first-order valence-electron chi connectivity index (χ1n) is 11.5. The van der Waals surface area contributed by atoms with Gasteiger partial charge in [-0.1, -0.05) is 45.0 Å². The Labute approximate surface area is 202 Å². The Morgan fingerprint density at radius 3 is 2.35 bits per heavy atom. The molecule has 2 aromatic carbocycles. The Morgan fingerprint density at radius 1 is 1.09 bits per heavy atom. The SMILES string of the molecule is CCOc1ccccc1NC(=NCc1c(C)nn(C)c1C)NC(=O)c1ccc(C(C)(C)C)cc1. The lowest BCUT2D eigenvalue weighted by molar-refractivity contribution is 0.0977. The van der Waals surface area contributed by atoms with Gasteiger partial charge in [0.2, 0.25) is 5.96 Å². The molecule has 0 atom stereocenters. The van der Waals surface area contributed by atoms with Crippen molar-refractivity contribution in [2.24, 2.45) is 12.0 Å². The van der Waals surface area contributed by atoms with E-state index < -0.39 is 0 Å². The highest BCUT2D eigenvalue weighted by Gasteiger charge is 2.16. The summed E-state index contributed by atoms with van der Waals surface area (Å²) in [6.07, 6.45) is 0. The lowest BCUT2D eigenvalue weighted by atomic mass is 9.87. The van der Waals surface area contributed by atoms with Gasteiger partial charge in [-0.15, -0.1) is 0 Å². The smallest absolute Gasteiger partial charge is 0.257 e. The van der Waals surface area contributed by atoms with E-state index in [4.69, 9.17) is 9.73 Å². The van der Waals surface area contributed by atoms with E-state index in [9.17, 15) is 4.79 Å². The van der Waals surface area contributed by atoms with Gasteiger partial charge < -0.3 is 10.1 Å². The molecule has 0 aliphatic heterocycles. The number of benzene rings is 2. The molecule has 0 aliphatic rings. The topological polar surface area (TPSA) is 80.5 Å². The summed E-state index contributed by atoms with van der Waals surface area (Å²) in [6.45, 7) is 13.3. The molecule has 0 bridgehead atoms. The van der Waals surface area contributed by atoms with Gasteiger partial charge in [0.05, 0.1) is 24.5 Å². The molecule has 0 fully saturated rings. The Morgan fingerprint density at radius 2 is 1.76 bits per heavy atom. The first-order valence-corrected chi connectivity index (χ1v) is 11.5. The summed E-state index contributed by atoms with van der Waals surface area (Å²) in [5.41, 5.74) is 5.47. The van der Waals surface area contributed by atoms with Gasteiger partial charge in [-0.2, -0.15) is 5.10 Å². The van der Waals surface area contributed by atoms with Crippen LogP contribution in [-0.4, -0.2) is 28.3 Å². The summed E-state index contributed by atoms with van der Waals surface area (Å²) in [5.74, 6) is 0.801. The molecule has 1 heterocycles. The van der Waals surface area contributed by atoms with E-state index in [1.165, 1.54) is 5.56 Å². The third kappa shape index (κ3) is 6.04. The van der Waals surface area contributed by atoms with Crippen molar-refractivity contribution >= 4 is 17.6 Å². The minimum Gasteiger partial charge on any atom is -0.492 e. The Bertz CT molecular complexity index is 1170. The highest BCUT2D eigenvalue weighted by atomic mass is 16.5. The van der Waals surface area contributed by atoms with Gasteiger partial charge in [0.25, 0.3) is 5.91 Å². The minimum atomic E-state index is -0.236. The predicted octanol–water partition coefficient (Wildman–Crippen LogP) is 5.13. The summed E-state index contributed by atoms with van der Waals surface area (Å²) >= 11 is 0. The van der Waals surface area contributed by atoms with E-state index in [2.05, 4.69) is 36.5 Å². The maximum atomic E-state index is 13.1. The molecule has 3 aromatic rings. The van der Waals surface area contributed by atoms with E-state index in [0.717, 1.165) is 22.6 Å². The number of nitrogens with zero attached hydrogens (tertiary/aromatic N) is 3. The van der Waals surface area contributed by atoms with Crippen LogP contribution in [0.5, 0.6) is 5.75 Å². The number of carbonyl (C=O) groups excluding carboxylic acids is 1. The first-order chi connectivity index (χ1) is 16.1. The number of hydrogen-bond donors (Lipinski definition) is 2. The number of rotatable bonds is 6. The number of carbonyl (C=O) groups is 1. The van der Waals surface area contributed by atoms with E-state index >= 15 is 0 Å². The average molecular weight is 462 g/mol. The summed E-state index contributed by atoms with van der Waals surface area (Å²) in [4.78, 5) is 17.8. The fraction of sp³-hybridized carbons (Fsp3) is 0.370. The lowest BCUT2D eigenvalue weighted by Gasteiger charge is -2.19. The third-order valence-corrected chi connectivity index (χ3v) is 5.74. The molecule has 7 heteroatoms. The van der Waals surface area contributed by atoms with E-state index in [-0.39, 0.29) is 11.3 Å². The molecular formula is C27H35N5O2. The maximum absolute atomic E-state index is 13.1. The molecule has 1 amide bonds. The zero-order valence-corrected chi connectivity index (χ0v) is 21.2. The van der Waals surface area contributed by atoms with Gasteiger partial charge in [-0.3, -0.25) is 14.8 Å². The predicted molar refractivity (Wildman–Crippen MR) is 138 cm³/mol. The third-order valence-electron chi connectivity index (χ3n) is 5.74. The molecule has 180 valence electrons. The molecule has 0 aliphatic carbocycles. The van der Waals surface area contributed by atoms with E-state index in [1.54, 1.807) is 0 Å². The fourth-order valence-electron chi connectivity index (χ4n) is 3.59. The van der Waals surface area contributed by atoms with Crippen LogP contribution in [0.25, 0.3) is 0 Å². The van der Waals surface area contributed by atoms with Crippen molar-refractivity contribution < 1.29 is 9.53 Å². The highest BCUT2D eigenvalue weighted by molar-refractivity contribution is 6.10. The van der Waals surface area contributed by atoms with Gasteiger partial charge in [0.1, 0.15) is 5.75 Å². The second-order valence-electron chi connectivity index (χ2n) is 9.27. The molecular weight excluding hydrogens is 426 g/mol. The number of anilines is 1. The van der Waals surface area contributed by atoms with Gasteiger partial charge in [-0.25, -0.2) is 4.99 Å². The Hall–Kier alpha value is -3.61. The molecule has 0 spiro atoms. The molecule has 0 unspecified atom stereocenters. The minimum absolute atomic E-state index is 0.0195. The number of guanidine groups is 1. The molecule has 7 nitrogen and oxygen atoms in total. The first kappa shape index (κ1) is 25.0. The summed E-state index contributed by atoms with van der Waals surface area (Å²) in [7, 11) is 1.91. The average Bonchev–Trinajstić information content (AvgIpc) is 3.03. The van der Waals surface area contributed by atoms with Gasteiger partial charge >= 0.3 is 0 Å². The van der Waals surface area contributed by atoms with Crippen LogP contribution >= 0.6 is 0 Å². The maximum Gasteiger partial charge on any atom is 0.257 e. The summed E-state index contributed by atoms with van der Waals surface area (Å²) < 4.78 is 7.57. The van der Waals surface area contributed by atoms with Crippen molar-refractivity contribution in [2.75, 3.05) is 11.9 Å². The number of nitrogens with one attached hydrogen (secondary N) is 2. The number of para-hydroxylation sites is 2. The Kier molecular flexibility index (Phi) is 7.76. The van der Waals surface area contributed by atoms with Crippen LogP contribution in [0.15, 0.2) is 53.5 Å². The molecule has 0 saturated heterocycles. The number of aromatic nitrogens is 2. The molecule has 0 radical (unpaired) electrons. The van der Waals surface area contributed by atoms with Gasteiger partial charge in [0.15, 0.2) is 0 Å². The standard InChI is InChI=1S/C27H35N5O2/c1-8-34-24-12-10-9-11-23(24)29-26(28-17-22-18(2)31-32(7)19(22)3)30-25(33)20-13-15-21(16-14-20)27(4,5)6/h9-16H,8,17H2,1-7H3,(H2,28,29,30,33). The van der Waals surface area contributed by atoms with E-state index in [1.807, 2.05) is 81.0 Å². The van der Waals surface area contributed by atoms with Crippen molar-refractivity contribution in [1.82, 2.24) is 15.1 Å². The Balaban J connectivity index is 1.89. The number of ether oxygens (including phenoxy) is 1. The number of amides is 1. The van der Waals surface area contributed by atoms with Crippen LogP contribution in [0.2, 0.25) is 0 Å². The van der Waals surface area contributed by atoms with Crippen molar-refractivity contribution in [3.8, 4) is 5.75 Å². The quantitative estimate of drug-likeness (QED) is 0.394. The summed E-state index contributed by atoms with van der Waals surface area (Å²) in [6, 6.07) is 15.3. The molecule has 3 rings (SSSR count). The monoisotopic (exact) mass is 461 g/mol. The normalized spacial score (nSPS) is 11.9. The van der Waals surface area contributed by atoms with Gasteiger partial charge in [0, 0.05) is 23.9 Å². The zero-order chi connectivity index (χ0) is 24.9. The largest absolute Gasteiger partial charge is 0.492 e. The number of hydrogen-bond acceptors (Lipinski definition) is 4. The van der Waals surface area contributed by atoms with Crippen LogP contribution in [0.1, 0.15) is 60.6 Å². The van der Waals surface area contributed by atoms with Crippen LogP contribution < -0.4 is 15.4 Å². The molecule has 0 saturated carbocycles.